The van der Waals surface area contributed by atoms with E-state index in [9.17, 15) is 4.79 Å². The lowest BCUT2D eigenvalue weighted by atomic mass is 10.0. The highest BCUT2D eigenvalue weighted by Crippen LogP contribution is 2.38. The molecule has 1 aromatic carbocycles. The third-order valence-corrected chi connectivity index (χ3v) is 3.74. The number of ether oxygens (including phenoxy) is 3. The smallest absolute Gasteiger partial charge is 0.252 e. The maximum absolute atomic E-state index is 12.7. The standard InChI is InChI=1S/C19H22N2O4/c1-5-6-15(13-7-9-20-10-8-13)21-19(22)14-11-16(23-2)18(25-4)17(12-14)24-3/h5,7-12,15H,1,6H2,2-4H3,(H,21,22)/t15-/m1/s1. The van der Waals surface area contributed by atoms with Crippen LogP contribution in [0.4, 0.5) is 0 Å². The van der Waals surface area contributed by atoms with Crippen molar-refractivity contribution in [3.8, 4) is 17.2 Å². The molecular formula is C19H22N2O4. The maximum atomic E-state index is 12.7. The first-order chi connectivity index (χ1) is 12.1. The Balaban J connectivity index is 2.31. The summed E-state index contributed by atoms with van der Waals surface area (Å²) in [7, 11) is 4.54. The van der Waals surface area contributed by atoms with Crippen LogP contribution >= 0.6 is 0 Å². The van der Waals surface area contributed by atoms with E-state index in [4.69, 9.17) is 14.2 Å². The lowest BCUT2D eigenvalue weighted by Gasteiger charge is -2.19. The molecule has 1 aromatic heterocycles. The second-order valence-electron chi connectivity index (χ2n) is 5.24. The average Bonchev–Trinajstić information content (AvgIpc) is 2.66. The van der Waals surface area contributed by atoms with Crippen molar-refractivity contribution in [2.24, 2.45) is 0 Å². The first-order valence-electron chi connectivity index (χ1n) is 7.76. The molecule has 0 unspecified atom stereocenters. The van der Waals surface area contributed by atoms with E-state index in [0.717, 1.165) is 5.56 Å². The molecule has 0 aliphatic carbocycles. The largest absolute Gasteiger partial charge is 0.493 e. The number of aromatic nitrogens is 1. The van der Waals surface area contributed by atoms with E-state index in [2.05, 4.69) is 16.9 Å². The summed E-state index contributed by atoms with van der Waals surface area (Å²) in [5, 5.41) is 3.00. The minimum atomic E-state index is -0.247. The number of carbonyl (C=O) groups excluding carboxylic acids is 1. The molecule has 1 amide bonds. The molecule has 0 fully saturated rings. The molecule has 6 nitrogen and oxygen atoms in total. The summed E-state index contributed by atoms with van der Waals surface area (Å²) in [5.41, 5.74) is 1.37. The number of nitrogens with one attached hydrogen (secondary N) is 1. The zero-order valence-corrected chi connectivity index (χ0v) is 14.6. The molecule has 0 bridgehead atoms. The Morgan fingerprint density at radius 1 is 1.16 bits per heavy atom. The van der Waals surface area contributed by atoms with Gasteiger partial charge in [0.1, 0.15) is 0 Å². The van der Waals surface area contributed by atoms with Crippen LogP contribution in [0.1, 0.15) is 28.4 Å². The van der Waals surface area contributed by atoms with Crippen LogP contribution < -0.4 is 19.5 Å². The number of nitrogens with zero attached hydrogens (tertiary/aromatic N) is 1. The summed E-state index contributed by atoms with van der Waals surface area (Å²) >= 11 is 0. The molecule has 1 heterocycles. The van der Waals surface area contributed by atoms with Crippen LogP contribution in [0.15, 0.2) is 49.3 Å². The number of amides is 1. The van der Waals surface area contributed by atoms with Gasteiger partial charge < -0.3 is 19.5 Å². The van der Waals surface area contributed by atoms with Gasteiger partial charge in [-0.2, -0.15) is 0 Å². The second kappa shape index (κ2) is 8.73. The summed E-state index contributed by atoms with van der Waals surface area (Å²) in [4.78, 5) is 16.7. The molecule has 1 atom stereocenters. The Morgan fingerprint density at radius 2 is 1.76 bits per heavy atom. The van der Waals surface area contributed by atoms with Crippen LogP contribution in [0.25, 0.3) is 0 Å². The fourth-order valence-electron chi connectivity index (χ4n) is 2.49. The van der Waals surface area contributed by atoms with Crippen molar-refractivity contribution in [1.82, 2.24) is 10.3 Å². The maximum Gasteiger partial charge on any atom is 0.252 e. The normalized spacial score (nSPS) is 11.3. The van der Waals surface area contributed by atoms with E-state index in [0.29, 0.717) is 29.2 Å². The van der Waals surface area contributed by atoms with Gasteiger partial charge in [0.15, 0.2) is 11.5 Å². The molecule has 132 valence electrons. The predicted octanol–water partition coefficient (Wildman–Crippen LogP) is 3.15. The van der Waals surface area contributed by atoms with E-state index < -0.39 is 0 Å². The fourth-order valence-corrected chi connectivity index (χ4v) is 2.49. The minimum Gasteiger partial charge on any atom is -0.493 e. The summed E-state index contributed by atoms with van der Waals surface area (Å²) in [5.74, 6) is 1.05. The zero-order chi connectivity index (χ0) is 18.2. The molecule has 0 saturated carbocycles. The number of pyridine rings is 1. The third kappa shape index (κ3) is 4.29. The Hall–Kier alpha value is -3.02. The number of carbonyl (C=O) groups is 1. The van der Waals surface area contributed by atoms with E-state index in [1.807, 2.05) is 12.1 Å². The van der Waals surface area contributed by atoms with Gasteiger partial charge >= 0.3 is 0 Å². The lowest BCUT2D eigenvalue weighted by Crippen LogP contribution is -2.28. The van der Waals surface area contributed by atoms with E-state index in [1.54, 1.807) is 30.6 Å². The van der Waals surface area contributed by atoms with Gasteiger partial charge in [0.05, 0.1) is 27.4 Å². The number of methoxy groups -OCH3 is 3. The van der Waals surface area contributed by atoms with Crippen LogP contribution in [0, 0.1) is 0 Å². The van der Waals surface area contributed by atoms with Crippen molar-refractivity contribution >= 4 is 5.91 Å². The summed E-state index contributed by atoms with van der Waals surface area (Å²) < 4.78 is 15.9. The van der Waals surface area contributed by atoms with E-state index >= 15 is 0 Å². The van der Waals surface area contributed by atoms with Gasteiger partial charge in [0, 0.05) is 18.0 Å². The Labute approximate surface area is 147 Å². The van der Waals surface area contributed by atoms with Crippen LogP contribution in [0.5, 0.6) is 17.2 Å². The molecule has 0 saturated heterocycles. The van der Waals surface area contributed by atoms with Crippen molar-refractivity contribution in [2.75, 3.05) is 21.3 Å². The van der Waals surface area contributed by atoms with Crippen molar-refractivity contribution in [3.63, 3.8) is 0 Å². The molecular weight excluding hydrogens is 320 g/mol. The topological polar surface area (TPSA) is 69.7 Å². The highest BCUT2D eigenvalue weighted by atomic mass is 16.5. The van der Waals surface area contributed by atoms with Gasteiger partial charge in [-0.1, -0.05) is 6.08 Å². The number of rotatable bonds is 8. The third-order valence-electron chi connectivity index (χ3n) is 3.74. The van der Waals surface area contributed by atoms with Gasteiger partial charge in [-0.25, -0.2) is 0 Å². The molecule has 2 rings (SSSR count). The summed E-state index contributed by atoms with van der Waals surface area (Å²) in [6, 6.07) is 6.77. The zero-order valence-electron chi connectivity index (χ0n) is 14.6. The highest BCUT2D eigenvalue weighted by Gasteiger charge is 2.19. The van der Waals surface area contributed by atoms with E-state index in [-0.39, 0.29) is 11.9 Å². The Bertz CT molecular complexity index is 706. The van der Waals surface area contributed by atoms with Crippen molar-refractivity contribution in [2.45, 2.75) is 12.5 Å². The first-order valence-corrected chi connectivity index (χ1v) is 7.76. The highest BCUT2D eigenvalue weighted by molar-refractivity contribution is 5.96. The van der Waals surface area contributed by atoms with Crippen LogP contribution in [-0.2, 0) is 0 Å². The van der Waals surface area contributed by atoms with Gasteiger partial charge in [-0.15, -0.1) is 6.58 Å². The van der Waals surface area contributed by atoms with Crippen molar-refractivity contribution in [1.29, 1.82) is 0 Å². The van der Waals surface area contributed by atoms with Crippen LogP contribution in [-0.4, -0.2) is 32.2 Å². The van der Waals surface area contributed by atoms with Gasteiger partial charge in [0.2, 0.25) is 5.75 Å². The SMILES string of the molecule is C=CC[C@@H](NC(=O)c1cc(OC)c(OC)c(OC)c1)c1ccncc1. The van der Waals surface area contributed by atoms with Gasteiger partial charge in [-0.05, 0) is 36.2 Å². The number of hydrogen-bond donors (Lipinski definition) is 1. The number of benzene rings is 1. The molecule has 0 aliphatic heterocycles. The second-order valence-corrected chi connectivity index (χ2v) is 5.24. The monoisotopic (exact) mass is 342 g/mol. The minimum absolute atomic E-state index is 0.202. The van der Waals surface area contributed by atoms with Gasteiger partial charge in [-0.3, -0.25) is 9.78 Å². The van der Waals surface area contributed by atoms with E-state index in [1.165, 1.54) is 21.3 Å². The summed E-state index contributed by atoms with van der Waals surface area (Å²) in [6.07, 6.45) is 5.74. The average molecular weight is 342 g/mol. The fraction of sp³-hybridized carbons (Fsp3) is 0.263. The van der Waals surface area contributed by atoms with Crippen LogP contribution in [0.2, 0.25) is 0 Å². The predicted molar refractivity (Wildman–Crippen MR) is 95.4 cm³/mol. The Morgan fingerprint density at radius 3 is 2.24 bits per heavy atom. The van der Waals surface area contributed by atoms with Gasteiger partial charge in [0.25, 0.3) is 5.91 Å². The molecule has 6 heteroatoms. The molecule has 1 N–H and O–H groups in total. The van der Waals surface area contributed by atoms with Crippen molar-refractivity contribution in [3.05, 3.63) is 60.4 Å². The molecule has 0 spiro atoms. The molecule has 0 radical (unpaired) electrons. The molecule has 25 heavy (non-hydrogen) atoms. The Kier molecular flexibility index (Phi) is 6.39. The molecule has 2 aromatic rings. The number of hydrogen-bond acceptors (Lipinski definition) is 5. The van der Waals surface area contributed by atoms with Crippen LogP contribution in [0.3, 0.4) is 0 Å². The summed E-state index contributed by atoms with van der Waals surface area (Å²) in [6.45, 7) is 3.76. The first kappa shape index (κ1) is 18.3. The lowest BCUT2D eigenvalue weighted by molar-refractivity contribution is 0.0936. The van der Waals surface area contributed by atoms with Crippen molar-refractivity contribution < 1.29 is 19.0 Å². The molecule has 0 aliphatic rings. The quantitative estimate of drug-likeness (QED) is 0.746.